The van der Waals surface area contributed by atoms with Crippen LogP contribution in [-0.2, 0) is 4.74 Å². The Morgan fingerprint density at radius 3 is 2.93 bits per heavy atom. The molecule has 1 aliphatic carbocycles. The van der Waals surface area contributed by atoms with Gasteiger partial charge in [0, 0.05) is 19.7 Å². The Labute approximate surface area is 93.5 Å². The maximum absolute atomic E-state index is 11.2. The summed E-state index contributed by atoms with van der Waals surface area (Å²) in [5, 5.41) is 0.963. The van der Waals surface area contributed by atoms with Gasteiger partial charge in [0.05, 0.1) is 4.88 Å². The standard InChI is InChI=1S/C11H15NO2S/c1-3-14-10(8-4-5-8)11-12-6-9(15-11)7(2)13/h6,8,10H,3-5H2,1-2H3. The van der Waals surface area contributed by atoms with E-state index in [1.165, 1.54) is 24.2 Å². The quantitative estimate of drug-likeness (QED) is 0.723. The number of ether oxygens (including phenoxy) is 1. The van der Waals surface area contributed by atoms with Gasteiger partial charge < -0.3 is 4.74 Å². The first-order valence-electron chi connectivity index (χ1n) is 5.30. The normalized spacial score (nSPS) is 17.7. The summed E-state index contributed by atoms with van der Waals surface area (Å²) < 4.78 is 5.68. The van der Waals surface area contributed by atoms with E-state index >= 15 is 0 Å². The first kappa shape index (κ1) is 10.8. The molecule has 1 atom stereocenters. The molecule has 0 radical (unpaired) electrons. The van der Waals surface area contributed by atoms with Crippen molar-refractivity contribution >= 4 is 17.1 Å². The second kappa shape index (κ2) is 4.41. The van der Waals surface area contributed by atoms with E-state index in [9.17, 15) is 4.79 Å². The fourth-order valence-corrected chi connectivity index (χ4v) is 2.53. The second-order valence-electron chi connectivity index (χ2n) is 3.83. The Morgan fingerprint density at radius 1 is 1.73 bits per heavy atom. The van der Waals surface area contributed by atoms with Crippen LogP contribution < -0.4 is 0 Å². The highest BCUT2D eigenvalue weighted by Crippen LogP contribution is 2.44. The maximum Gasteiger partial charge on any atom is 0.171 e. The molecule has 1 fully saturated rings. The molecule has 0 amide bonds. The highest BCUT2D eigenvalue weighted by atomic mass is 32.1. The number of aromatic nitrogens is 1. The third kappa shape index (κ3) is 2.44. The van der Waals surface area contributed by atoms with Gasteiger partial charge in [-0.25, -0.2) is 4.98 Å². The predicted octanol–water partition coefficient (Wildman–Crippen LogP) is 2.83. The number of nitrogens with zero attached hydrogens (tertiary/aromatic N) is 1. The Morgan fingerprint density at radius 2 is 2.47 bits per heavy atom. The zero-order chi connectivity index (χ0) is 10.8. The van der Waals surface area contributed by atoms with Crippen LogP contribution in [0, 0.1) is 5.92 Å². The van der Waals surface area contributed by atoms with Crippen LogP contribution in [-0.4, -0.2) is 17.4 Å². The minimum atomic E-state index is 0.0878. The molecule has 0 bridgehead atoms. The minimum absolute atomic E-state index is 0.0878. The zero-order valence-corrected chi connectivity index (χ0v) is 9.84. The molecule has 1 aliphatic rings. The third-order valence-corrected chi connectivity index (χ3v) is 3.67. The first-order chi connectivity index (χ1) is 7.22. The fraction of sp³-hybridized carbons (Fsp3) is 0.636. The van der Waals surface area contributed by atoms with Gasteiger partial charge in [-0.15, -0.1) is 11.3 Å². The highest BCUT2D eigenvalue weighted by Gasteiger charge is 2.34. The van der Waals surface area contributed by atoms with E-state index in [0.717, 1.165) is 9.88 Å². The molecule has 1 aromatic heterocycles. The van der Waals surface area contributed by atoms with Gasteiger partial charge in [-0.05, 0) is 25.7 Å². The SMILES string of the molecule is CCOC(c1ncc(C(C)=O)s1)C1CC1. The van der Waals surface area contributed by atoms with Gasteiger partial charge in [0.1, 0.15) is 11.1 Å². The summed E-state index contributed by atoms with van der Waals surface area (Å²) in [4.78, 5) is 16.2. The van der Waals surface area contributed by atoms with Gasteiger partial charge in [-0.3, -0.25) is 4.79 Å². The summed E-state index contributed by atoms with van der Waals surface area (Å²) in [5.74, 6) is 0.709. The summed E-state index contributed by atoms with van der Waals surface area (Å²) >= 11 is 1.47. The molecule has 0 N–H and O–H groups in total. The molecule has 0 spiro atoms. The van der Waals surface area contributed by atoms with Gasteiger partial charge >= 0.3 is 0 Å². The van der Waals surface area contributed by atoms with Crippen LogP contribution in [0.3, 0.4) is 0 Å². The Bertz CT molecular complexity index is 357. The lowest BCUT2D eigenvalue weighted by molar-refractivity contribution is 0.0462. The third-order valence-electron chi connectivity index (χ3n) is 2.51. The molecule has 2 rings (SSSR count). The van der Waals surface area contributed by atoms with Crippen LogP contribution in [0.25, 0.3) is 0 Å². The van der Waals surface area contributed by atoms with Gasteiger partial charge in [0.15, 0.2) is 5.78 Å². The van der Waals surface area contributed by atoms with Crippen molar-refractivity contribution in [2.45, 2.75) is 32.8 Å². The maximum atomic E-state index is 11.2. The summed E-state index contributed by atoms with van der Waals surface area (Å²) in [6.07, 6.45) is 4.23. The monoisotopic (exact) mass is 225 g/mol. The number of rotatable bonds is 5. The predicted molar refractivity (Wildman–Crippen MR) is 59.2 cm³/mol. The lowest BCUT2D eigenvalue weighted by atomic mass is 10.2. The Hall–Kier alpha value is -0.740. The van der Waals surface area contributed by atoms with Crippen molar-refractivity contribution in [2.24, 2.45) is 5.92 Å². The smallest absolute Gasteiger partial charge is 0.171 e. The minimum Gasteiger partial charge on any atom is -0.371 e. The number of hydrogen-bond donors (Lipinski definition) is 0. The molecule has 82 valence electrons. The lowest BCUT2D eigenvalue weighted by Crippen LogP contribution is -2.05. The number of ketones is 1. The number of hydrogen-bond acceptors (Lipinski definition) is 4. The van der Waals surface area contributed by atoms with E-state index in [-0.39, 0.29) is 11.9 Å². The number of carbonyl (C=O) groups is 1. The van der Waals surface area contributed by atoms with E-state index in [2.05, 4.69) is 4.98 Å². The summed E-state index contributed by atoms with van der Waals surface area (Å²) in [7, 11) is 0. The Kier molecular flexibility index (Phi) is 3.17. The molecule has 0 aromatic carbocycles. The van der Waals surface area contributed by atoms with Gasteiger partial charge in [-0.1, -0.05) is 0 Å². The zero-order valence-electron chi connectivity index (χ0n) is 9.03. The molecule has 1 heterocycles. The summed E-state index contributed by atoms with van der Waals surface area (Å²) in [6.45, 7) is 4.27. The molecular formula is C11H15NO2S. The van der Waals surface area contributed by atoms with Gasteiger partial charge in [-0.2, -0.15) is 0 Å². The second-order valence-corrected chi connectivity index (χ2v) is 4.89. The van der Waals surface area contributed by atoms with Crippen molar-refractivity contribution in [2.75, 3.05) is 6.61 Å². The molecule has 0 aliphatic heterocycles. The largest absolute Gasteiger partial charge is 0.371 e. The van der Waals surface area contributed by atoms with Crippen molar-refractivity contribution in [3.63, 3.8) is 0 Å². The van der Waals surface area contributed by atoms with Crippen LogP contribution in [0.5, 0.6) is 0 Å². The lowest BCUT2D eigenvalue weighted by Gasteiger charge is -2.12. The van der Waals surface area contributed by atoms with Crippen LogP contribution in [0.1, 0.15) is 47.5 Å². The van der Waals surface area contributed by atoms with Crippen LogP contribution >= 0.6 is 11.3 Å². The molecule has 1 aromatic rings. The van der Waals surface area contributed by atoms with E-state index in [1.54, 1.807) is 13.1 Å². The van der Waals surface area contributed by atoms with Crippen molar-refractivity contribution in [1.29, 1.82) is 0 Å². The number of thiazole rings is 1. The molecular weight excluding hydrogens is 210 g/mol. The number of Topliss-reactive ketones (excluding diaryl/α,β-unsaturated/α-hetero) is 1. The van der Waals surface area contributed by atoms with Gasteiger partial charge in [0.25, 0.3) is 0 Å². The number of carbonyl (C=O) groups excluding carboxylic acids is 1. The first-order valence-corrected chi connectivity index (χ1v) is 6.12. The average Bonchev–Trinajstić information content (AvgIpc) is 2.91. The molecule has 15 heavy (non-hydrogen) atoms. The van der Waals surface area contributed by atoms with Crippen molar-refractivity contribution in [1.82, 2.24) is 4.98 Å². The highest BCUT2D eigenvalue weighted by molar-refractivity contribution is 7.13. The molecule has 1 unspecified atom stereocenters. The molecule has 4 heteroatoms. The molecule has 1 saturated carbocycles. The Balaban J connectivity index is 2.14. The van der Waals surface area contributed by atoms with Crippen LogP contribution in [0.15, 0.2) is 6.20 Å². The van der Waals surface area contributed by atoms with E-state index in [1.807, 2.05) is 6.92 Å². The molecule has 0 saturated heterocycles. The molecule has 3 nitrogen and oxygen atoms in total. The average molecular weight is 225 g/mol. The van der Waals surface area contributed by atoms with Crippen LogP contribution in [0.4, 0.5) is 0 Å². The van der Waals surface area contributed by atoms with E-state index in [0.29, 0.717) is 12.5 Å². The van der Waals surface area contributed by atoms with Crippen molar-refractivity contribution < 1.29 is 9.53 Å². The van der Waals surface area contributed by atoms with Crippen LogP contribution in [0.2, 0.25) is 0 Å². The van der Waals surface area contributed by atoms with Gasteiger partial charge in [0.2, 0.25) is 0 Å². The summed E-state index contributed by atoms with van der Waals surface area (Å²) in [5.41, 5.74) is 0. The van der Waals surface area contributed by atoms with E-state index < -0.39 is 0 Å². The van der Waals surface area contributed by atoms with E-state index in [4.69, 9.17) is 4.74 Å². The fourth-order valence-electron chi connectivity index (χ4n) is 1.57. The van der Waals surface area contributed by atoms with Crippen molar-refractivity contribution in [3.05, 3.63) is 16.1 Å². The topological polar surface area (TPSA) is 39.2 Å². The summed E-state index contributed by atoms with van der Waals surface area (Å²) in [6, 6.07) is 0. The van der Waals surface area contributed by atoms with Crippen molar-refractivity contribution in [3.8, 4) is 0 Å².